The molecule has 0 radical (unpaired) electrons. The molecular weight excluding hydrogens is 241 g/mol. The molecule has 2 rings (SSSR count). The van der Waals surface area contributed by atoms with Gasteiger partial charge in [-0.25, -0.2) is 4.39 Å². The number of rotatable bonds is 4. The second-order valence-corrected chi connectivity index (χ2v) is 4.46. The van der Waals surface area contributed by atoms with Crippen molar-refractivity contribution in [3.8, 4) is 6.07 Å². The molecule has 0 aliphatic heterocycles. The zero-order valence-corrected chi connectivity index (χ0v) is 10.7. The van der Waals surface area contributed by atoms with Crippen molar-refractivity contribution in [2.75, 3.05) is 7.05 Å². The molecule has 19 heavy (non-hydrogen) atoms. The van der Waals surface area contributed by atoms with Crippen LogP contribution in [0.2, 0.25) is 0 Å². The highest BCUT2D eigenvalue weighted by atomic mass is 19.1. The summed E-state index contributed by atoms with van der Waals surface area (Å²) in [5.74, 6) is -0.471. The van der Waals surface area contributed by atoms with Crippen LogP contribution in [0, 0.1) is 17.1 Å². The van der Waals surface area contributed by atoms with Gasteiger partial charge in [-0.05, 0) is 36.4 Å². The summed E-state index contributed by atoms with van der Waals surface area (Å²) >= 11 is 0. The van der Waals surface area contributed by atoms with Crippen LogP contribution in [0.5, 0.6) is 0 Å². The van der Waals surface area contributed by atoms with E-state index >= 15 is 0 Å². The molecule has 3 nitrogen and oxygen atoms in total. The second kappa shape index (κ2) is 6.07. The molecule has 0 unspecified atom stereocenters. The van der Waals surface area contributed by atoms with Gasteiger partial charge < -0.3 is 0 Å². The van der Waals surface area contributed by atoms with Gasteiger partial charge in [-0.2, -0.15) is 5.26 Å². The first-order valence-corrected chi connectivity index (χ1v) is 5.95. The normalized spacial score (nSPS) is 10.4. The zero-order valence-electron chi connectivity index (χ0n) is 10.7. The summed E-state index contributed by atoms with van der Waals surface area (Å²) in [5.41, 5.74) is 2.13. The minimum atomic E-state index is -0.471. The zero-order chi connectivity index (χ0) is 13.7. The fourth-order valence-corrected chi connectivity index (χ4v) is 1.93. The first-order valence-electron chi connectivity index (χ1n) is 5.95. The van der Waals surface area contributed by atoms with E-state index in [-0.39, 0.29) is 5.56 Å². The van der Waals surface area contributed by atoms with Crippen molar-refractivity contribution in [1.29, 1.82) is 5.26 Å². The Labute approximate surface area is 111 Å². The summed E-state index contributed by atoms with van der Waals surface area (Å²) in [6.07, 6.45) is 3.56. The molecule has 1 heterocycles. The molecule has 0 fully saturated rings. The van der Waals surface area contributed by atoms with Crippen molar-refractivity contribution in [1.82, 2.24) is 9.88 Å². The summed E-state index contributed by atoms with van der Waals surface area (Å²) in [6.45, 7) is 1.41. The van der Waals surface area contributed by atoms with Crippen molar-refractivity contribution in [2.45, 2.75) is 13.1 Å². The van der Waals surface area contributed by atoms with Crippen molar-refractivity contribution in [3.05, 3.63) is 65.2 Å². The SMILES string of the molecule is CN(Cc1cccnc1)Cc1ccc(F)c(C#N)c1. The highest BCUT2D eigenvalue weighted by molar-refractivity contribution is 5.34. The summed E-state index contributed by atoms with van der Waals surface area (Å²) < 4.78 is 13.2. The third-order valence-corrected chi connectivity index (χ3v) is 2.78. The van der Waals surface area contributed by atoms with E-state index in [0.717, 1.165) is 17.7 Å². The summed E-state index contributed by atoms with van der Waals surface area (Å²) in [4.78, 5) is 6.15. The Balaban J connectivity index is 2.03. The molecule has 96 valence electrons. The maximum Gasteiger partial charge on any atom is 0.140 e. The molecule has 1 aromatic heterocycles. The largest absolute Gasteiger partial charge is 0.298 e. The number of nitriles is 1. The minimum absolute atomic E-state index is 0.0901. The van der Waals surface area contributed by atoms with Crippen LogP contribution in [0.4, 0.5) is 4.39 Å². The summed E-state index contributed by atoms with van der Waals surface area (Å²) in [6, 6.07) is 10.4. The van der Waals surface area contributed by atoms with Gasteiger partial charge in [0.2, 0.25) is 0 Å². The Bertz CT molecular complexity index is 590. The molecule has 0 saturated carbocycles. The standard InChI is InChI=1S/C15H14FN3/c1-19(11-13-3-2-6-18-9-13)10-12-4-5-15(16)14(7-12)8-17/h2-7,9H,10-11H2,1H3. The van der Waals surface area contributed by atoms with Crippen LogP contribution in [-0.4, -0.2) is 16.9 Å². The number of pyridine rings is 1. The van der Waals surface area contributed by atoms with Gasteiger partial charge in [0.05, 0.1) is 5.56 Å². The molecule has 0 atom stereocenters. The van der Waals surface area contributed by atoms with Crippen LogP contribution in [0.25, 0.3) is 0 Å². The average molecular weight is 255 g/mol. The monoisotopic (exact) mass is 255 g/mol. The predicted octanol–water partition coefficient (Wildman–Crippen LogP) is 2.72. The van der Waals surface area contributed by atoms with Crippen LogP contribution in [-0.2, 0) is 13.1 Å². The van der Waals surface area contributed by atoms with Gasteiger partial charge in [0, 0.05) is 25.5 Å². The molecule has 0 spiro atoms. The maximum atomic E-state index is 13.2. The lowest BCUT2D eigenvalue weighted by molar-refractivity contribution is 0.318. The van der Waals surface area contributed by atoms with Crippen LogP contribution in [0.1, 0.15) is 16.7 Å². The summed E-state index contributed by atoms with van der Waals surface area (Å²) in [5, 5.41) is 8.80. The molecule has 2 aromatic rings. The molecule has 0 aliphatic rings. The fourth-order valence-electron chi connectivity index (χ4n) is 1.93. The molecular formula is C15H14FN3. The number of aromatic nitrogens is 1. The van der Waals surface area contributed by atoms with Gasteiger partial charge in [-0.1, -0.05) is 12.1 Å². The van der Waals surface area contributed by atoms with Crippen LogP contribution in [0.3, 0.4) is 0 Å². The molecule has 0 aliphatic carbocycles. The van der Waals surface area contributed by atoms with E-state index in [4.69, 9.17) is 5.26 Å². The van der Waals surface area contributed by atoms with Gasteiger partial charge in [0.25, 0.3) is 0 Å². The van der Waals surface area contributed by atoms with Gasteiger partial charge in [0.15, 0.2) is 0 Å². The third-order valence-electron chi connectivity index (χ3n) is 2.78. The quantitative estimate of drug-likeness (QED) is 0.843. The molecule has 4 heteroatoms. The number of nitrogens with zero attached hydrogens (tertiary/aromatic N) is 3. The fraction of sp³-hybridized carbons (Fsp3) is 0.200. The lowest BCUT2D eigenvalue weighted by Crippen LogP contribution is -2.17. The van der Waals surface area contributed by atoms with E-state index in [1.54, 1.807) is 18.3 Å². The number of benzene rings is 1. The van der Waals surface area contributed by atoms with Crippen molar-refractivity contribution >= 4 is 0 Å². The average Bonchev–Trinajstić information content (AvgIpc) is 2.42. The highest BCUT2D eigenvalue weighted by Crippen LogP contribution is 2.12. The second-order valence-electron chi connectivity index (χ2n) is 4.46. The molecule has 1 aromatic carbocycles. The highest BCUT2D eigenvalue weighted by Gasteiger charge is 2.06. The van der Waals surface area contributed by atoms with E-state index < -0.39 is 5.82 Å². The summed E-state index contributed by atoms with van der Waals surface area (Å²) in [7, 11) is 1.97. The van der Waals surface area contributed by atoms with E-state index in [1.807, 2.05) is 31.4 Å². The van der Waals surface area contributed by atoms with E-state index in [2.05, 4.69) is 9.88 Å². The number of halogens is 1. The Morgan fingerprint density at radius 1 is 1.26 bits per heavy atom. The van der Waals surface area contributed by atoms with Crippen molar-refractivity contribution < 1.29 is 4.39 Å². The smallest absolute Gasteiger partial charge is 0.140 e. The molecule has 0 saturated heterocycles. The van der Waals surface area contributed by atoms with Gasteiger partial charge in [0.1, 0.15) is 11.9 Å². The minimum Gasteiger partial charge on any atom is -0.298 e. The van der Waals surface area contributed by atoms with Gasteiger partial charge in [-0.3, -0.25) is 9.88 Å². The van der Waals surface area contributed by atoms with E-state index in [0.29, 0.717) is 6.54 Å². The lowest BCUT2D eigenvalue weighted by Gasteiger charge is -2.16. The molecule has 0 amide bonds. The topological polar surface area (TPSA) is 39.9 Å². The first kappa shape index (κ1) is 13.2. The predicted molar refractivity (Wildman–Crippen MR) is 70.5 cm³/mol. The lowest BCUT2D eigenvalue weighted by atomic mass is 10.1. The van der Waals surface area contributed by atoms with Gasteiger partial charge in [-0.15, -0.1) is 0 Å². The molecule has 0 bridgehead atoms. The Morgan fingerprint density at radius 2 is 2.05 bits per heavy atom. The first-order chi connectivity index (χ1) is 9.19. The van der Waals surface area contributed by atoms with E-state index in [9.17, 15) is 4.39 Å². The third kappa shape index (κ3) is 3.60. The van der Waals surface area contributed by atoms with Crippen LogP contribution in [0.15, 0.2) is 42.7 Å². The van der Waals surface area contributed by atoms with Gasteiger partial charge >= 0.3 is 0 Å². The van der Waals surface area contributed by atoms with E-state index in [1.165, 1.54) is 6.07 Å². The Morgan fingerprint density at radius 3 is 2.74 bits per heavy atom. The van der Waals surface area contributed by atoms with Crippen molar-refractivity contribution in [3.63, 3.8) is 0 Å². The molecule has 0 N–H and O–H groups in total. The van der Waals surface area contributed by atoms with Crippen molar-refractivity contribution in [2.24, 2.45) is 0 Å². The Kier molecular flexibility index (Phi) is 4.22. The maximum absolute atomic E-state index is 13.2. The Hall–Kier alpha value is -2.25. The number of hydrogen-bond acceptors (Lipinski definition) is 3. The van der Waals surface area contributed by atoms with Crippen LogP contribution < -0.4 is 0 Å². The number of hydrogen-bond donors (Lipinski definition) is 0. The van der Waals surface area contributed by atoms with Crippen LogP contribution >= 0.6 is 0 Å².